The molecule has 1 aliphatic heterocycles. The second-order valence-electron chi connectivity index (χ2n) is 4.94. The van der Waals surface area contributed by atoms with Gasteiger partial charge in [-0.1, -0.05) is 12.1 Å². The predicted molar refractivity (Wildman–Crippen MR) is 82.2 cm³/mol. The molecule has 0 saturated heterocycles. The SMILES string of the molecule is C[C@H](NC(=O)Nc1ccccn1)c1ccc2c(c1)OCCO2. The number of aromatic nitrogens is 1. The fraction of sp³-hybridized carbons (Fsp3) is 0.250. The van der Waals surface area contributed by atoms with Crippen molar-refractivity contribution in [3.63, 3.8) is 0 Å². The van der Waals surface area contributed by atoms with Gasteiger partial charge < -0.3 is 14.8 Å². The van der Waals surface area contributed by atoms with E-state index in [-0.39, 0.29) is 12.1 Å². The number of hydrogen-bond donors (Lipinski definition) is 2. The van der Waals surface area contributed by atoms with Crippen LogP contribution in [0.1, 0.15) is 18.5 Å². The molecule has 0 unspecified atom stereocenters. The minimum Gasteiger partial charge on any atom is -0.486 e. The molecule has 0 saturated carbocycles. The Bertz CT molecular complexity index is 661. The highest BCUT2D eigenvalue weighted by Crippen LogP contribution is 2.32. The van der Waals surface area contributed by atoms with E-state index >= 15 is 0 Å². The van der Waals surface area contributed by atoms with Gasteiger partial charge in [-0.15, -0.1) is 0 Å². The van der Waals surface area contributed by atoms with Gasteiger partial charge in [-0.05, 0) is 36.8 Å². The van der Waals surface area contributed by atoms with E-state index in [4.69, 9.17) is 9.47 Å². The molecule has 1 aromatic heterocycles. The minimum absolute atomic E-state index is 0.167. The fourth-order valence-electron chi connectivity index (χ4n) is 2.20. The van der Waals surface area contributed by atoms with Gasteiger partial charge in [0.25, 0.3) is 0 Å². The Kier molecular flexibility index (Phi) is 4.09. The first kappa shape index (κ1) is 14.2. The number of hydrogen-bond acceptors (Lipinski definition) is 4. The summed E-state index contributed by atoms with van der Waals surface area (Å²) < 4.78 is 11.0. The van der Waals surface area contributed by atoms with Gasteiger partial charge in [0, 0.05) is 6.20 Å². The van der Waals surface area contributed by atoms with Crippen molar-refractivity contribution in [3.05, 3.63) is 48.2 Å². The number of urea groups is 1. The second kappa shape index (κ2) is 6.34. The summed E-state index contributed by atoms with van der Waals surface area (Å²) >= 11 is 0. The minimum atomic E-state index is -0.305. The number of carbonyl (C=O) groups excluding carboxylic acids is 1. The number of fused-ring (bicyclic) bond motifs is 1. The lowest BCUT2D eigenvalue weighted by Gasteiger charge is -2.21. The Morgan fingerprint density at radius 1 is 1.18 bits per heavy atom. The Labute approximate surface area is 128 Å². The third-order valence-electron chi connectivity index (χ3n) is 3.32. The quantitative estimate of drug-likeness (QED) is 0.914. The molecule has 2 heterocycles. The third-order valence-corrected chi connectivity index (χ3v) is 3.32. The predicted octanol–water partition coefficient (Wildman–Crippen LogP) is 2.74. The van der Waals surface area contributed by atoms with E-state index in [9.17, 15) is 4.79 Å². The number of benzene rings is 1. The highest BCUT2D eigenvalue weighted by molar-refractivity contribution is 5.88. The van der Waals surface area contributed by atoms with Crippen molar-refractivity contribution >= 4 is 11.8 Å². The molecule has 22 heavy (non-hydrogen) atoms. The molecule has 2 N–H and O–H groups in total. The molecule has 0 radical (unpaired) electrons. The van der Waals surface area contributed by atoms with E-state index in [1.165, 1.54) is 0 Å². The highest BCUT2D eigenvalue weighted by atomic mass is 16.6. The molecule has 0 spiro atoms. The maximum Gasteiger partial charge on any atom is 0.320 e. The van der Waals surface area contributed by atoms with E-state index in [2.05, 4.69) is 15.6 Å². The van der Waals surface area contributed by atoms with Gasteiger partial charge in [0.15, 0.2) is 11.5 Å². The van der Waals surface area contributed by atoms with Crippen molar-refractivity contribution in [1.29, 1.82) is 0 Å². The van der Waals surface area contributed by atoms with Crippen LogP contribution in [0.4, 0.5) is 10.6 Å². The zero-order chi connectivity index (χ0) is 15.4. The Hall–Kier alpha value is -2.76. The zero-order valence-electron chi connectivity index (χ0n) is 12.2. The molecular weight excluding hydrogens is 282 g/mol. The van der Waals surface area contributed by atoms with Crippen LogP contribution in [0.2, 0.25) is 0 Å². The number of amides is 2. The zero-order valence-corrected chi connectivity index (χ0v) is 12.2. The van der Waals surface area contributed by atoms with Crippen LogP contribution < -0.4 is 20.1 Å². The molecule has 0 fully saturated rings. The van der Waals surface area contributed by atoms with Gasteiger partial charge in [-0.3, -0.25) is 5.32 Å². The molecular formula is C16H17N3O3. The molecule has 1 atom stereocenters. The standard InChI is InChI=1S/C16H17N3O3/c1-11(18-16(20)19-15-4-2-3-7-17-15)12-5-6-13-14(10-12)22-9-8-21-13/h2-7,10-11H,8-9H2,1H3,(H2,17,18,19,20)/t11-/m0/s1. The lowest BCUT2D eigenvalue weighted by molar-refractivity contribution is 0.171. The van der Waals surface area contributed by atoms with Crippen molar-refractivity contribution in [2.75, 3.05) is 18.5 Å². The monoisotopic (exact) mass is 299 g/mol. The Balaban J connectivity index is 1.64. The fourth-order valence-corrected chi connectivity index (χ4v) is 2.20. The summed E-state index contributed by atoms with van der Waals surface area (Å²) in [6.45, 7) is 3.01. The number of anilines is 1. The van der Waals surface area contributed by atoms with Crippen molar-refractivity contribution in [1.82, 2.24) is 10.3 Å². The molecule has 2 amide bonds. The van der Waals surface area contributed by atoms with Gasteiger partial charge >= 0.3 is 6.03 Å². The number of pyridine rings is 1. The van der Waals surface area contributed by atoms with Gasteiger partial charge in [0.05, 0.1) is 6.04 Å². The smallest absolute Gasteiger partial charge is 0.320 e. The third kappa shape index (κ3) is 3.28. The van der Waals surface area contributed by atoms with Crippen LogP contribution in [0.25, 0.3) is 0 Å². The van der Waals surface area contributed by atoms with Gasteiger partial charge in [0.2, 0.25) is 0 Å². The largest absolute Gasteiger partial charge is 0.486 e. The van der Waals surface area contributed by atoms with Crippen LogP contribution in [0.15, 0.2) is 42.6 Å². The van der Waals surface area contributed by atoms with Gasteiger partial charge in [-0.25, -0.2) is 9.78 Å². The summed E-state index contributed by atoms with van der Waals surface area (Å²) in [4.78, 5) is 16.0. The first-order chi connectivity index (χ1) is 10.7. The Morgan fingerprint density at radius 3 is 2.77 bits per heavy atom. The van der Waals surface area contributed by atoms with Crippen LogP contribution in [-0.4, -0.2) is 24.2 Å². The lowest BCUT2D eigenvalue weighted by Crippen LogP contribution is -2.31. The normalized spacial score (nSPS) is 14.0. The molecule has 2 aromatic rings. The summed E-state index contributed by atoms with van der Waals surface area (Å²) in [7, 11) is 0. The average Bonchev–Trinajstić information content (AvgIpc) is 2.55. The summed E-state index contributed by atoms with van der Waals surface area (Å²) in [5.41, 5.74) is 0.945. The van der Waals surface area contributed by atoms with Crippen molar-refractivity contribution in [2.24, 2.45) is 0 Å². The molecule has 6 heteroatoms. The number of nitrogens with zero attached hydrogens (tertiary/aromatic N) is 1. The molecule has 0 bridgehead atoms. The molecule has 6 nitrogen and oxygen atoms in total. The highest BCUT2D eigenvalue weighted by Gasteiger charge is 2.15. The van der Waals surface area contributed by atoms with Gasteiger partial charge in [-0.2, -0.15) is 0 Å². The van der Waals surface area contributed by atoms with Crippen molar-refractivity contribution in [3.8, 4) is 11.5 Å². The first-order valence-corrected chi connectivity index (χ1v) is 7.10. The lowest BCUT2D eigenvalue weighted by atomic mass is 10.1. The van der Waals surface area contributed by atoms with E-state index in [0.29, 0.717) is 24.8 Å². The van der Waals surface area contributed by atoms with Crippen LogP contribution in [-0.2, 0) is 0 Å². The van der Waals surface area contributed by atoms with Gasteiger partial charge in [0.1, 0.15) is 19.0 Å². The topological polar surface area (TPSA) is 72.5 Å². The molecule has 1 aromatic carbocycles. The maximum absolute atomic E-state index is 12.0. The van der Waals surface area contributed by atoms with Crippen LogP contribution in [0, 0.1) is 0 Å². The first-order valence-electron chi connectivity index (χ1n) is 7.10. The summed E-state index contributed by atoms with van der Waals surface area (Å²) in [5.74, 6) is 1.96. The second-order valence-corrected chi connectivity index (χ2v) is 4.94. The molecule has 114 valence electrons. The van der Waals surface area contributed by atoms with E-state index in [1.54, 1.807) is 18.3 Å². The van der Waals surface area contributed by atoms with E-state index < -0.39 is 0 Å². The number of rotatable bonds is 3. The maximum atomic E-state index is 12.0. The van der Waals surface area contributed by atoms with Crippen LogP contribution in [0.5, 0.6) is 11.5 Å². The van der Waals surface area contributed by atoms with Crippen molar-refractivity contribution < 1.29 is 14.3 Å². The van der Waals surface area contributed by atoms with Crippen LogP contribution >= 0.6 is 0 Å². The summed E-state index contributed by atoms with van der Waals surface area (Å²) in [5, 5.41) is 5.55. The van der Waals surface area contributed by atoms with Crippen LogP contribution in [0.3, 0.4) is 0 Å². The molecule has 0 aliphatic carbocycles. The Morgan fingerprint density at radius 2 is 2.00 bits per heavy atom. The number of nitrogens with one attached hydrogen (secondary N) is 2. The van der Waals surface area contributed by atoms with E-state index in [0.717, 1.165) is 11.3 Å². The average molecular weight is 299 g/mol. The summed E-state index contributed by atoms with van der Waals surface area (Å²) in [6, 6.07) is 10.5. The number of carbonyl (C=O) groups is 1. The molecule has 3 rings (SSSR count). The summed E-state index contributed by atoms with van der Waals surface area (Å²) in [6.07, 6.45) is 1.62. The van der Waals surface area contributed by atoms with Crippen molar-refractivity contribution in [2.45, 2.75) is 13.0 Å². The number of ether oxygens (including phenoxy) is 2. The molecule has 1 aliphatic rings. The van der Waals surface area contributed by atoms with E-state index in [1.807, 2.05) is 31.2 Å².